The maximum absolute atomic E-state index is 12.5. The van der Waals surface area contributed by atoms with E-state index >= 15 is 0 Å². The van der Waals surface area contributed by atoms with Crippen LogP contribution in [0.25, 0.3) is 0 Å². The summed E-state index contributed by atoms with van der Waals surface area (Å²) >= 11 is 1.70. The number of carbonyl (C=O) groups excluding carboxylic acids is 1. The number of urea groups is 1. The highest BCUT2D eigenvalue weighted by molar-refractivity contribution is 7.98. The lowest BCUT2D eigenvalue weighted by molar-refractivity contribution is 0.203. The van der Waals surface area contributed by atoms with Crippen molar-refractivity contribution in [2.24, 2.45) is 0 Å². The van der Waals surface area contributed by atoms with Gasteiger partial charge in [-0.3, -0.25) is 0 Å². The van der Waals surface area contributed by atoms with E-state index in [0.29, 0.717) is 12.3 Å². The van der Waals surface area contributed by atoms with E-state index in [4.69, 9.17) is 9.47 Å². The molecule has 0 aliphatic carbocycles. The Hall–Kier alpha value is -2.34. The van der Waals surface area contributed by atoms with Gasteiger partial charge in [-0.25, -0.2) is 4.79 Å². The van der Waals surface area contributed by atoms with Crippen LogP contribution in [0.1, 0.15) is 24.1 Å². The lowest BCUT2D eigenvalue weighted by Crippen LogP contribution is -2.38. The molecule has 0 aliphatic rings. The van der Waals surface area contributed by atoms with Gasteiger partial charge in [0, 0.05) is 24.1 Å². The fourth-order valence-corrected chi connectivity index (χ4v) is 3.04. The van der Waals surface area contributed by atoms with Crippen molar-refractivity contribution in [1.82, 2.24) is 10.2 Å². The molecule has 140 valence electrons. The maximum Gasteiger partial charge on any atom is 0.317 e. The molecule has 0 spiro atoms. The number of amides is 2. The Morgan fingerprint density at radius 1 is 1.15 bits per heavy atom. The number of hydrogen-bond acceptors (Lipinski definition) is 4. The Morgan fingerprint density at radius 2 is 1.85 bits per heavy atom. The summed E-state index contributed by atoms with van der Waals surface area (Å²) in [7, 11) is 5.02. The van der Waals surface area contributed by atoms with Crippen LogP contribution in [0.5, 0.6) is 11.5 Å². The smallest absolute Gasteiger partial charge is 0.317 e. The number of ether oxygens (including phenoxy) is 2. The standard InChI is InChI=1S/C20H26N2O3S/c1-14(18-12-16(24-3)8-11-19(18)25-4)21-20(23)22(2)13-15-6-9-17(26-5)10-7-15/h6-12,14H,13H2,1-5H3,(H,21,23). The fourth-order valence-electron chi connectivity index (χ4n) is 2.63. The van der Waals surface area contributed by atoms with Crippen molar-refractivity contribution < 1.29 is 14.3 Å². The van der Waals surface area contributed by atoms with Crippen LogP contribution in [0.4, 0.5) is 4.79 Å². The van der Waals surface area contributed by atoms with Gasteiger partial charge in [-0.2, -0.15) is 0 Å². The zero-order chi connectivity index (χ0) is 19.1. The lowest BCUT2D eigenvalue weighted by atomic mass is 10.1. The normalized spacial score (nSPS) is 11.6. The Balaban J connectivity index is 2.03. The number of nitrogens with zero attached hydrogens (tertiary/aromatic N) is 1. The van der Waals surface area contributed by atoms with Crippen LogP contribution in [-0.4, -0.2) is 38.5 Å². The lowest BCUT2D eigenvalue weighted by Gasteiger charge is -2.23. The minimum Gasteiger partial charge on any atom is -0.497 e. The number of thioether (sulfide) groups is 1. The number of methoxy groups -OCH3 is 2. The molecular weight excluding hydrogens is 348 g/mol. The quantitative estimate of drug-likeness (QED) is 0.733. The van der Waals surface area contributed by atoms with Gasteiger partial charge in [0.2, 0.25) is 0 Å². The van der Waals surface area contributed by atoms with Gasteiger partial charge in [-0.05, 0) is 49.1 Å². The number of rotatable bonds is 7. The number of nitrogens with one attached hydrogen (secondary N) is 1. The summed E-state index contributed by atoms with van der Waals surface area (Å²) in [5.74, 6) is 1.44. The molecular formula is C20H26N2O3S. The molecule has 0 aromatic heterocycles. The summed E-state index contributed by atoms with van der Waals surface area (Å²) < 4.78 is 10.7. The molecule has 6 heteroatoms. The van der Waals surface area contributed by atoms with Crippen LogP contribution in [0.15, 0.2) is 47.4 Å². The molecule has 2 rings (SSSR count). The fraction of sp³-hybridized carbons (Fsp3) is 0.350. The van der Waals surface area contributed by atoms with Crippen LogP contribution in [0.3, 0.4) is 0 Å². The first-order valence-corrected chi connectivity index (χ1v) is 9.57. The highest BCUT2D eigenvalue weighted by Crippen LogP contribution is 2.29. The van der Waals surface area contributed by atoms with E-state index in [1.807, 2.05) is 43.5 Å². The molecule has 1 atom stereocenters. The third-order valence-corrected chi connectivity index (χ3v) is 4.91. The molecule has 0 heterocycles. The third kappa shape index (κ3) is 5.08. The molecule has 5 nitrogen and oxygen atoms in total. The summed E-state index contributed by atoms with van der Waals surface area (Å²) in [5.41, 5.74) is 1.96. The van der Waals surface area contributed by atoms with Gasteiger partial charge >= 0.3 is 6.03 Å². The molecule has 26 heavy (non-hydrogen) atoms. The van der Waals surface area contributed by atoms with Crippen LogP contribution >= 0.6 is 11.8 Å². The maximum atomic E-state index is 12.5. The second kappa shape index (κ2) is 9.38. The minimum absolute atomic E-state index is 0.142. The molecule has 2 aromatic rings. The van der Waals surface area contributed by atoms with Gasteiger partial charge in [-0.15, -0.1) is 11.8 Å². The van der Waals surface area contributed by atoms with Crippen molar-refractivity contribution in [2.45, 2.75) is 24.4 Å². The molecule has 0 bridgehead atoms. The number of carbonyl (C=O) groups is 1. The van der Waals surface area contributed by atoms with Crippen molar-refractivity contribution in [3.05, 3.63) is 53.6 Å². The number of benzene rings is 2. The van der Waals surface area contributed by atoms with Gasteiger partial charge in [0.1, 0.15) is 11.5 Å². The Kier molecular flexibility index (Phi) is 7.21. The zero-order valence-electron chi connectivity index (χ0n) is 15.9. The van der Waals surface area contributed by atoms with E-state index in [1.54, 1.807) is 37.9 Å². The molecule has 2 aromatic carbocycles. The van der Waals surface area contributed by atoms with Crippen LogP contribution in [0, 0.1) is 0 Å². The van der Waals surface area contributed by atoms with Gasteiger partial charge in [0.15, 0.2) is 0 Å². The summed E-state index contributed by atoms with van der Waals surface area (Å²) in [6, 6.07) is 13.4. The minimum atomic E-state index is -0.214. The monoisotopic (exact) mass is 374 g/mol. The molecule has 0 saturated heterocycles. The van der Waals surface area contributed by atoms with Crippen molar-refractivity contribution in [2.75, 3.05) is 27.5 Å². The largest absolute Gasteiger partial charge is 0.497 e. The topological polar surface area (TPSA) is 50.8 Å². The van der Waals surface area contributed by atoms with Gasteiger partial charge in [-0.1, -0.05) is 12.1 Å². The molecule has 1 unspecified atom stereocenters. The average Bonchev–Trinajstić information content (AvgIpc) is 2.67. The van der Waals surface area contributed by atoms with Gasteiger partial charge in [0.05, 0.1) is 20.3 Å². The summed E-state index contributed by atoms with van der Waals surface area (Å²) in [4.78, 5) is 15.4. The predicted octanol–water partition coefficient (Wildman–Crippen LogP) is 4.33. The van der Waals surface area contributed by atoms with Gasteiger partial charge < -0.3 is 19.7 Å². The van der Waals surface area contributed by atoms with E-state index in [1.165, 1.54) is 4.90 Å². The van der Waals surface area contributed by atoms with E-state index in [-0.39, 0.29) is 12.1 Å². The molecule has 0 aliphatic heterocycles. The second-order valence-electron chi connectivity index (χ2n) is 5.98. The molecule has 1 N–H and O–H groups in total. The molecule has 0 radical (unpaired) electrons. The third-order valence-electron chi connectivity index (χ3n) is 4.17. The van der Waals surface area contributed by atoms with Gasteiger partial charge in [0.25, 0.3) is 0 Å². The molecule has 0 fully saturated rings. The van der Waals surface area contributed by atoms with Crippen molar-refractivity contribution in [3.8, 4) is 11.5 Å². The van der Waals surface area contributed by atoms with Crippen LogP contribution in [0.2, 0.25) is 0 Å². The Bertz CT molecular complexity index is 734. The first-order valence-electron chi connectivity index (χ1n) is 8.35. The average molecular weight is 375 g/mol. The van der Waals surface area contributed by atoms with Crippen LogP contribution in [-0.2, 0) is 6.54 Å². The van der Waals surface area contributed by atoms with Crippen molar-refractivity contribution >= 4 is 17.8 Å². The van der Waals surface area contributed by atoms with E-state index in [0.717, 1.165) is 16.9 Å². The second-order valence-corrected chi connectivity index (χ2v) is 6.86. The predicted molar refractivity (Wildman–Crippen MR) is 106 cm³/mol. The molecule has 2 amide bonds. The highest BCUT2D eigenvalue weighted by atomic mass is 32.2. The number of hydrogen-bond donors (Lipinski definition) is 1. The highest BCUT2D eigenvalue weighted by Gasteiger charge is 2.17. The SMILES string of the molecule is COc1ccc(OC)c(C(C)NC(=O)N(C)Cc2ccc(SC)cc2)c1. The van der Waals surface area contributed by atoms with Crippen LogP contribution < -0.4 is 14.8 Å². The Morgan fingerprint density at radius 3 is 2.42 bits per heavy atom. The van der Waals surface area contributed by atoms with E-state index < -0.39 is 0 Å². The Labute approximate surface area is 159 Å². The summed E-state index contributed by atoms with van der Waals surface area (Å²) in [5, 5.41) is 3.01. The zero-order valence-corrected chi connectivity index (χ0v) is 16.7. The molecule has 0 saturated carbocycles. The van der Waals surface area contributed by atoms with Crippen molar-refractivity contribution in [3.63, 3.8) is 0 Å². The van der Waals surface area contributed by atoms with E-state index in [9.17, 15) is 4.79 Å². The van der Waals surface area contributed by atoms with Crippen molar-refractivity contribution in [1.29, 1.82) is 0 Å². The first kappa shape index (κ1) is 20.0. The first-order chi connectivity index (χ1) is 12.5. The summed E-state index contributed by atoms with van der Waals surface area (Å²) in [6.07, 6.45) is 2.04. The van der Waals surface area contributed by atoms with E-state index in [2.05, 4.69) is 17.4 Å². The summed E-state index contributed by atoms with van der Waals surface area (Å²) in [6.45, 7) is 2.47.